The van der Waals surface area contributed by atoms with E-state index in [1.54, 1.807) is 0 Å². The summed E-state index contributed by atoms with van der Waals surface area (Å²) in [5.74, 6) is 0.531. The van der Waals surface area contributed by atoms with Crippen LogP contribution in [0.3, 0.4) is 0 Å². The Morgan fingerprint density at radius 2 is 1.64 bits per heavy atom. The molecule has 28 heavy (non-hydrogen) atoms. The zero-order valence-electron chi connectivity index (χ0n) is 14.8. The molecule has 0 fully saturated rings. The quantitative estimate of drug-likeness (QED) is 0.474. The summed E-state index contributed by atoms with van der Waals surface area (Å²) in [6.07, 6.45) is 5.68. The molecule has 3 aromatic carbocycles. The first-order valence-electron chi connectivity index (χ1n) is 8.90. The number of nitrogens with zero attached hydrogens (tertiary/aromatic N) is 3. The summed E-state index contributed by atoms with van der Waals surface area (Å²) in [6, 6.07) is 24.2. The number of thiazole rings is 1. The van der Waals surface area contributed by atoms with Gasteiger partial charge in [-0.2, -0.15) is 9.50 Å². The minimum atomic E-state index is -0.139. The van der Waals surface area contributed by atoms with E-state index in [2.05, 4.69) is 28.3 Å². The topological polar surface area (TPSA) is 47.3 Å². The average molecular weight is 381 g/mol. The monoisotopic (exact) mass is 381 g/mol. The number of hydrogen-bond acceptors (Lipinski definition) is 4. The van der Waals surface area contributed by atoms with Crippen LogP contribution >= 0.6 is 11.3 Å². The molecule has 0 atom stereocenters. The van der Waals surface area contributed by atoms with Gasteiger partial charge in [-0.05, 0) is 34.1 Å². The van der Waals surface area contributed by atoms with Crippen molar-refractivity contribution < 1.29 is 0 Å². The van der Waals surface area contributed by atoms with Crippen molar-refractivity contribution in [3.05, 3.63) is 105 Å². The third-order valence-electron chi connectivity index (χ3n) is 4.53. The van der Waals surface area contributed by atoms with Crippen molar-refractivity contribution in [2.45, 2.75) is 0 Å². The summed E-state index contributed by atoms with van der Waals surface area (Å²) in [5, 5.41) is 6.62. The van der Waals surface area contributed by atoms with E-state index in [4.69, 9.17) is 0 Å². The van der Waals surface area contributed by atoms with Gasteiger partial charge in [0, 0.05) is 0 Å². The van der Waals surface area contributed by atoms with E-state index in [1.165, 1.54) is 15.9 Å². The lowest BCUT2D eigenvalue weighted by atomic mass is 10.0. The summed E-state index contributed by atoms with van der Waals surface area (Å²) in [5.41, 5.74) is 1.94. The minimum Gasteiger partial charge on any atom is -0.266 e. The molecule has 0 saturated heterocycles. The fourth-order valence-electron chi connectivity index (χ4n) is 3.17. The summed E-state index contributed by atoms with van der Waals surface area (Å²) in [7, 11) is 0. The second-order valence-corrected chi connectivity index (χ2v) is 7.40. The van der Waals surface area contributed by atoms with Gasteiger partial charge in [0.1, 0.15) is 0 Å². The van der Waals surface area contributed by atoms with Gasteiger partial charge in [0.2, 0.25) is 4.96 Å². The van der Waals surface area contributed by atoms with E-state index in [1.807, 2.05) is 72.8 Å². The molecule has 0 radical (unpaired) electrons. The molecule has 0 aliphatic heterocycles. The number of aromatic nitrogens is 3. The number of rotatable bonds is 3. The molecule has 4 nitrogen and oxygen atoms in total. The predicted molar refractivity (Wildman–Crippen MR) is 115 cm³/mol. The van der Waals surface area contributed by atoms with Gasteiger partial charge in [0.05, 0.1) is 4.53 Å². The molecule has 0 N–H and O–H groups in total. The molecule has 0 aliphatic carbocycles. The molecule has 0 aliphatic rings. The van der Waals surface area contributed by atoms with Crippen molar-refractivity contribution in [3.63, 3.8) is 0 Å². The van der Waals surface area contributed by atoms with E-state index < -0.39 is 0 Å². The molecular weight excluding hydrogens is 366 g/mol. The average Bonchev–Trinajstić information content (AvgIpc) is 3.26. The Balaban J connectivity index is 1.56. The Morgan fingerprint density at radius 1 is 0.857 bits per heavy atom. The van der Waals surface area contributed by atoms with Crippen LogP contribution in [0.15, 0.2) is 77.6 Å². The fraction of sp³-hybridized carbons (Fsp3) is 0. The summed E-state index contributed by atoms with van der Waals surface area (Å²) >= 11 is 1.36. The van der Waals surface area contributed by atoms with Crippen LogP contribution in [0.25, 0.3) is 34.0 Å². The molecule has 5 rings (SSSR count). The molecule has 0 saturated carbocycles. The van der Waals surface area contributed by atoms with Gasteiger partial charge in [-0.15, -0.1) is 5.10 Å². The number of benzene rings is 3. The second-order valence-electron chi connectivity index (χ2n) is 6.39. The van der Waals surface area contributed by atoms with E-state index in [9.17, 15) is 4.79 Å². The molecular formula is C23H15N3OS. The van der Waals surface area contributed by atoms with Crippen molar-refractivity contribution in [1.82, 2.24) is 14.6 Å². The van der Waals surface area contributed by atoms with Crippen molar-refractivity contribution in [3.8, 4) is 0 Å². The van der Waals surface area contributed by atoms with Crippen LogP contribution in [0.5, 0.6) is 0 Å². The molecule has 5 aromatic rings. The Hall–Kier alpha value is -3.57. The first-order valence-corrected chi connectivity index (χ1v) is 9.72. The molecule has 0 spiro atoms. The van der Waals surface area contributed by atoms with Gasteiger partial charge in [0.25, 0.3) is 5.56 Å². The SMILES string of the molecule is O=c1/c(=C/c2cccc3ccccc23)sc2nc(/C=C/c3ccccc3)nn12. The van der Waals surface area contributed by atoms with Crippen molar-refractivity contribution in [2.75, 3.05) is 0 Å². The lowest BCUT2D eigenvalue weighted by Crippen LogP contribution is -2.23. The van der Waals surface area contributed by atoms with Crippen molar-refractivity contribution >= 4 is 45.3 Å². The summed E-state index contributed by atoms with van der Waals surface area (Å²) in [6.45, 7) is 0. The van der Waals surface area contributed by atoms with Crippen LogP contribution in [-0.4, -0.2) is 14.6 Å². The highest BCUT2D eigenvalue weighted by atomic mass is 32.1. The zero-order chi connectivity index (χ0) is 18.9. The van der Waals surface area contributed by atoms with Crippen LogP contribution in [0, 0.1) is 0 Å². The third kappa shape index (κ3) is 3.02. The highest BCUT2D eigenvalue weighted by Crippen LogP contribution is 2.19. The largest absolute Gasteiger partial charge is 0.291 e. The first-order chi connectivity index (χ1) is 13.8. The van der Waals surface area contributed by atoms with Gasteiger partial charge in [-0.25, -0.2) is 0 Å². The van der Waals surface area contributed by atoms with Gasteiger partial charge in [-0.1, -0.05) is 90.2 Å². The Morgan fingerprint density at radius 3 is 2.50 bits per heavy atom. The van der Waals surface area contributed by atoms with E-state index >= 15 is 0 Å². The lowest BCUT2D eigenvalue weighted by Gasteiger charge is -2.00. The number of fused-ring (bicyclic) bond motifs is 2. The molecule has 0 bridgehead atoms. The Labute approximate surface area is 164 Å². The maximum atomic E-state index is 12.8. The Kier molecular flexibility index (Phi) is 4.07. The maximum Gasteiger partial charge on any atom is 0.291 e. The Bertz CT molecular complexity index is 1430. The molecule has 2 heterocycles. The van der Waals surface area contributed by atoms with Gasteiger partial charge in [-0.3, -0.25) is 4.79 Å². The predicted octanol–water partition coefficient (Wildman–Crippen LogP) is 4.02. The highest BCUT2D eigenvalue weighted by molar-refractivity contribution is 7.15. The zero-order valence-corrected chi connectivity index (χ0v) is 15.6. The number of hydrogen-bond donors (Lipinski definition) is 0. The molecule has 2 aromatic heterocycles. The van der Waals surface area contributed by atoms with Crippen molar-refractivity contribution in [1.29, 1.82) is 0 Å². The highest BCUT2D eigenvalue weighted by Gasteiger charge is 2.09. The van der Waals surface area contributed by atoms with Crippen molar-refractivity contribution in [2.24, 2.45) is 0 Å². The molecule has 134 valence electrons. The molecule has 5 heteroatoms. The standard InChI is InChI=1S/C23H15N3OS/c27-22-20(15-18-11-6-10-17-9-4-5-12-19(17)18)28-23-24-21(25-26(22)23)14-13-16-7-2-1-3-8-16/h1-15H/b14-13+,20-15-. The molecule has 0 amide bonds. The second kappa shape index (κ2) is 6.87. The fourth-order valence-corrected chi connectivity index (χ4v) is 4.08. The molecule has 0 unspecified atom stereocenters. The first kappa shape index (κ1) is 16.6. The van der Waals surface area contributed by atoms with Crippen LogP contribution < -0.4 is 10.1 Å². The van der Waals surface area contributed by atoms with Crippen LogP contribution in [0.1, 0.15) is 17.0 Å². The summed E-state index contributed by atoms with van der Waals surface area (Å²) < 4.78 is 2.01. The van der Waals surface area contributed by atoms with Crippen LogP contribution in [0.4, 0.5) is 0 Å². The maximum absolute atomic E-state index is 12.8. The van der Waals surface area contributed by atoms with E-state index in [0.717, 1.165) is 21.9 Å². The normalized spacial score (nSPS) is 12.5. The van der Waals surface area contributed by atoms with Crippen LogP contribution in [-0.2, 0) is 0 Å². The third-order valence-corrected chi connectivity index (χ3v) is 5.49. The van der Waals surface area contributed by atoms with Gasteiger partial charge >= 0.3 is 0 Å². The van der Waals surface area contributed by atoms with E-state index in [0.29, 0.717) is 15.3 Å². The van der Waals surface area contributed by atoms with E-state index in [-0.39, 0.29) is 5.56 Å². The van der Waals surface area contributed by atoms with Crippen LogP contribution in [0.2, 0.25) is 0 Å². The minimum absolute atomic E-state index is 0.139. The van der Waals surface area contributed by atoms with Gasteiger partial charge < -0.3 is 0 Å². The summed E-state index contributed by atoms with van der Waals surface area (Å²) in [4.78, 5) is 17.8. The van der Waals surface area contributed by atoms with Gasteiger partial charge in [0.15, 0.2) is 5.82 Å². The lowest BCUT2D eigenvalue weighted by molar-refractivity contribution is 0.925. The smallest absolute Gasteiger partial charge is 0.266 e.